The molecule has 0 fully saturated rings. The quantitative estimate of drug-likeness (QED) is 0.443. The Hall–Kier alpha value is -3.46. The molecule has 0 aliphatic carbocycles. The van der Waals surface area contributed by atoms with Gasteiger partial charge in [-0.05, 0) is 40.3 Å². The summed E-state index contributed by atoms with van der Waals surface area (Å²) in [7, 11) is 3.41. The van der Waals surface area contributed by atoms with E-state index in [-0.39, 0.29) is 0 Å². The lowest BCUT2D eigenvalue weighted by molar-refractivity contribution is 0.416. The van der Waals surface area contributed by atoms with Gasteiger partial charge >= 0.3 is 0 Å². The lowest BCUT2D eigenvalue weighted by Gasteiger charge is -2.15. The minimum Gasteiger partial charge on any atom is -0.496 e. The molecular weight excluding hydrogens is 346 g/mol. The van der Waals surface area contributed by atoms with Gasteiger partial charge in [-0.25, -0.2) is 0 Å². The molecule has 0 saturated carbocycles. The van der Waals surface area contributed by atoms with Crippen LogP contribution in [0.3, 0.4) is 0 Å². The van der Waals surface area contributed by atoms with Gasteiger partial charge in [0, 0.05) is 11.9 Å². The first-order valence-electron chi connectivity index (χ1n) is 9.32. The number of benzene rings is 4. The van der Waals surface area contributed by atoms with Crippen LogP contribution in [0.25, 0.3) is 21.9 Å². The topological polar surface area (TPSA) is 30.5 Å². The molecule has 4 rings (SSSR count). The molecule has 0 saturated heterocycles. The van der Waals surface area contributed by atoms with Gasteiger partial charge in [-0.2, -0.15) is 0 Å². The molecule has 0 bridgehead atoms. The highest BCUT2D eigenvalue weighted by atomic mass is 16.5. The number of hydrogen-bond donors (Lipinski definition) is 1. The highest BCUT2D eigenvalue weighted by molar-refractivity contribution is 5.91. The van der Waals surface area contributed by atoms with Crippen molar-refractivity contribution in [2.24, 2.45) is 0 Å². The van der Waals surface area contributed by atoms with E-state index in [1.165, 1.54) is 16.5 Å². The van der Waals surface area contributed by atoms with Crippen LogP contribution in [0.15, 0.2) is 84.9 Å². The van der Waals surface area contributed by atoms with E-state index in [9.17, 15) is 0 Å². The third-order valence-electron chi connectivity index (χ3n) is 4.97. The van der Waals surface area contributed by atoms with Crippen molar-refractivity contribution in [1.82, 2.24) is 0 Å². The van der Waals surface area contributed by atoms with Gasteiger partial charge in [0.1, 0.15) is 11.5 Å². The second-order valence-electron chi connectivity index (χ2n) is 6.61. The third kappa shape index (κ3) is 3.52. The second kappa shape index (κ2) is 8.05. The number of methoxy groups -OCH3 is 2. The maximum Gasteiger partial charge on any atom is 0.141 e. The average Bonchev–Trinajstić information content (AvgIpc) is 2.77. The molecule has 1 N–H and O–H groups in total. The van der Waals surface area contributed by atoms with Gasteiger partial charge in [0.15, 0.2) is 0 Å². The zero-order chi connectivity index (χ0) is 19.3. The SMILES string of the molecule is COc1ccc(-c2ccccc2)cc1NCc1ccc(OC)c2ccccc12. The molecule has 0 amide bonds. The molecule has 3 nitrogen and oxygen atoms in total. The highest BCUT2D eigenvalue weighted by Gasteiger charge is 2.09. The van der Waals surface area contributed by atoms with Gasteiger partial charge in [0.05, 0.1) is 19.9 Å². The fourth-order valence-corrected chi connectivity index (χ4v) is 3.51. The monoisotopic (exact) mass is 369 g/mol. The first kappa shape index (κ1) is 17.9. The van der Waals surface area contributed by atoms with Crippen LogP contribution in [0, 0.1) is 0 Å². The minimum atomic E-state index is 0.694. The van der Waals surface area contributed by atoms with E-state index in [0.717, 1.165) is 28.1 Å². The molecule has 0 radical (unpaired) electrons. The Labute approximate surface area is 165 Å². The summed E-state index contributed by atoms with van der Waals surface area (Å²) in [4.78, 5) is 0. The Balaban J connectivity index is 1.66. The number of hydrogen-bond acceptors (Lipinski definition) is 3. The summed E-state index contributed by atoms with van der Waals surface area (Å²) in [5.74, 6) is 1.72. The van der Waals surface area contributed by atoms with Crippen LogP contribution in [-0.4, -0.2) is 14.2 Å². The summed E-state index contributed by atoms with van der Waals surface area (Å²) in [5.41, 5.74) is 4.53. The van der Waals surface area contributed by atoms with Crippen LogP contribution >= 0.6 is 0 Å². The summed E-state index contributed by atoms with van der Waals surface area (Å²) in [6, 6.07) is 29.0. The Morgan fingerprint density at radius 3 is 2.07 bits per heavy atom. The first-order valence-corrected chi connectivity index (χ1v) is 9.32. The molecule has 4 aromatic carbocycles. The van der Waals surface area contributed by atoms with E-state index in [1.54, 1.807) is 14.2 Å². The maximum absolute atomic E-state index is 5.57. The normalized spacial score (nSPS) is 10.6. The Morgan fingerprint density at radius 1 is 0.643 bits per heavy atom. The zero-order valence-electron chi connectivity index (χ0n) is 16.1. The summed E-state index contributed by atoms with van der Waals surface area (Å²) in [5, 5.41) is 5.86. The van der Waals surface area contributed by atoms with Crippen LogP contribution in [0.1, 0.15) is 5.56 Å². The maximum atomic E-state index is 5.57. The van der Waals surface area contributed by atoms with Crippen molar-refractivity contribution in [3.8, 4) is 22.6 Å². The van der Waals surface area contributed by atoms with Crippen molar-refractivity contribution in [2.75, 3.05) is 19.5 Å². The molecule has 0 aliphatic rings. The molecule has 0 unspecified atom stereocenters. The van der Waals surface area contributed by atoms with Gasteiger partial charge < -0.3 is 14.8 Å². The Bertz CT molecular complexity index is 1090. The number of rotatable bonds is 6. The molecule has 0 spiro atoms. The largest absolute Gasteiger partial charge is 0.496 e. The van der Waals surface area contributed by atoms with E-state index >= 15 is 0 Å². The molecule has 3 heteroatoms. The van der Waals surface area contributed by atoms with E-state index in [4.69, 9.17) is 9.47 Å². The van der Waals surface area contributed by atoms with Crippen molar-refractivity contribution in [3.05, 3.63) is 90.5 Å². The van der Waals surface area contributed by atoms with Crippen LogP contribution in [-0.2, 0) is 6.54 Å². The standard InChI is InChI=1S/C25H23NO2/c1-27-24-14-13-20(21-10-6-7-11-22(21)24)17-26-23-16-19(12-15-25(23)28-2)18-8-4-3-5-9-18/h3-16,26H,17H2,1-2H3. The van der Waals surface area contributed by atoms with Crippen molar-refractivity contribution in [3.63, 3.8) is 0 Å². The Morgan fingerprint density at radius 2 is 1.32 bits per heavy atom. The predicted molar refractivity (Wildman–Crippen MR) is 116 cm³/mol. The molecule has 0 aliphatic heterocycles. The Kier molecular flexibility index (Phi) is 5.16. The molecule has 4 aromatic rings. The molecule has 28 heavy (non-hydrogen) atoms. The molecule has 0 atom stereocenters. The van der Waals surface area contributed by atoms with Crippen molar-refractivity contribution in [2.45, 2.75) is 6.54 Å². The lowest BCUT2D eigenvalue weighted by Crippen LogP contribution is -2.02. The van der Waals surface area contributed by atoms with E-state index < -0.39 is 0 Å². The number of nitrogens with one attached hydrogen (secondary N) is 1. The summed E-state index contributed by atoms with van der Waals surface area (Å²) in [6.45, 7) is 0.694. The summed E-state index contributed by atoms with van der Waals surface area (Å²) in [6.07, 6.45) is 0. The fraction of sp³-hybridized carbons (Fsp3) is 0.120. The van der Waals surface area contributed by atoms with Crippen LogP contribution < -0.4 is 14.8 Å². The first-order chi connectivity index (χ1) is 13.8. The van der Waals surface area contributed by atoms with Crippen LogP contribution in [0.5, 0.6) is 11.5 Å². The van der Waals surface area contributed by atoms with Gasteiger partial charge in [0.2, 0.25) is 0 Å². The van der Waals surface area contributed by atoms with E-state index in [1.807, 2.05) is 24.3 Å². The van der Waals surface area contributed by atoms with Crippen LogP contribution in [0.4, 0.5) is 5.69 Å². The number of ether oxygens (including phenoxy) is 2. The molecule has 140 valence electrons. The number of anilines is 1. The summed E-state index contributed by atoms with van der Waals surface area (Å²) >= 11 is 0. The molecule has 0 heterocycles. The van der Waals surface area contributed by atoms with Crippen LogP contribution in [0.2, 0.25) is 0 Å². The minimum absolute atomic E-state index is 0.694. The van der Waals surface area contributed by atoms with E-state index in [0.29, 0.717) is 6.54 Å². The fourth-order valence-electron chi connectivity index (χ4n) is 3.51. The lowest BCUT2D eigenvalue weighted by atomic mass is 10.0. The van der Waals surface area contributed by atoms with Crippen molar-refractivity contribution >= 4 is 16.5 Å². The van der Waals surface area contributed by atoms with Gasteiger partial charge in [0.25, 0.3) is 0 Å². The molecular formula is C25H23NO2. The van der Waals surface area contributed by atoms with Gasteiger partial charge in [-0.1, -0.05) is 66.7 Å². The van der Waals surface area contributed by atoms with Crippen molar-refractivity contribution in [1.29, 1.82) is 0 Å². The summed E-state index contributed by atoms with van der Waals surface area (Å²) < 4.78 is 11.1. The highest BCUT2D eigenvalue weighted by Crippen LogP contribution is 2.32. The average molecular weight is 369 g/mol. The zero-order valence-corrected chi connectivity index (χ0v) is 16.1. The molecule has 0 aromatic heterocycles. The van der Waals surface area contributed by atoms with E-state index in [2.05, 4.69) is 66.0 Å². The third-order valence-corrected chi connectivity index (χ3v) is 4.97. The van der Waals surface area contributed by atoms with Gasteiger partial charge in [-0.15, -0.1) is 0 Å². The second-order valence-corrected chi connectivity index (χ2v) is 6.61. The van der Waals surface area contributed by atoms with Gasteiger partial charge in [-0.3, -0.25) is 0 Å². The predicted octanol–water partition coefficient (Wildman–Crippen LogP) is 6.14. The smallest absolute Gasteiger partial charge is 0.141 e. The number of fused-ring (bicyclic) bond motifs is 1. The van der Waals surface area contributed by atoms with Crippen molar-refractivity contribution < 1.29 is 9.47 Å².